The molecular formula is C13H12FN3O2. The second-order valence-electron chi connectivity index (χ2n) is 4.45. The fourth-order valence-corrected chi connectivity index (χ4v) is 2.33. The monoisotopic (exact) mass is 261 g/mol. The molecule has 0 bridgehead atoms. The largest absolute Gasteiger partial charge is 0.427 e. The van der Waals surface area contributed by atoms with Gasteiger partial charge in [0.25, 0.3) is 0 Å². The van der Waals surface area contributed by atoms with Crippen LogP contribution in [0.4, 0.5) is 4.39 Å². The second-order valence-corrected chi connectivity index (χ2v) is 4.45. The number of rotatable bonds is 1. The van der Waals surface area contributed by atoms with Crippen LogP contribution in [0, 0.1) is 5.82 Å². The van der Waals surface area contributed by atoms with Crippen molar-refractivity contribution in [1.29, 1.82) is 0 Å². The van der Waals surface area contributed by atoms with Crippen molar-refractivity contribution < 1.29 is 14.8 Å². The van der Waals surface area contributed by atoms with Crippen LogP contribution in [0.2, 0.25) is 0 Å². The predicted molar refractivity (Wildman–Crippen MR) is 66.1 cm³/mol. The molecule has 3 rings (SSSR count). The molecule has 2 aromatic rings. The molecule has 0 amide bonds. The third-order valence-electron chi connectivity index (χ3n) is 3.27. The third-order valence-corrected chi connectivity index (χ3v) is 3.27. The number of benzene rings is 1. The zero-order valence-corrected chi connectivity index (χ0v) is 10.0. The number of aromatic nitrogens is 2. The summed E-state index contributed by atoms with van der Waals surface area (Å²) in [7, 11) is 0. The molecule has 0 saturated carbocycles. The Labute approximate surface area is 108 Å². The summed E-state index contributed by atoms with van der Waals surface area (Å²) in [6.45, 7) is 0. The van der Waals surface area contributed by atoms with Crippen molar-refractivity contribution >= 4 is 5.71 Å². The van der Waals surface area contributed by atoms with Gasteiger partial charge in [0.05, 0.1) is 5.69 Å². The molecule has 0 fully saturated rings. The molecule has 0 saturated heterocycles. The van der Waals surface area contributed by atoms with Gasteiger partial charge in [-0.25, -0.2) is 9.37 Å². The van der Waals surface area contributed by atoms with E-state index in [2.05, 4.69) is 10.1 Å². The van der Waals surface area contributed by atoms with Crippen molar-refractivity contribution in [3.63, 3.8) is 0 Å². The van der Waals surface area contributed by atoms with Gasteiger partial charge in [0.15, 0.2) is 5.82 Å². The highest BCUT2D eigenvalue weighted by atomic mass is 19.1. The standard InChI is InChI=1S/C13H12FN3O2/c14-9-6-4-8(5-7-9)13-15-12-10(16-18)2-1-3-11(12)17(13)19/h4-7,18-19H,1-3H2. The Balaban J connectivity index is 2.14. The molecule has 19 heavy (non-hydrogen) atoms. The zero-order chi connectivity index (χ0) is 13.4. The number of fused-ring (bicyclic) bond motifs is 1. The minimum atomic E-state index is -0.345. The van der Waals surface area contributed by atoms with Crippen LogP contribution in [-0.2, 0) is 6.42 Å². The van der Waals surface area contributed by atoms with E-state index in [0.29, 0.717) is 41.3 Å². The number of imidazole rings is 1. The van der Waals surface area contributed by atoms with Crippen LogP contribution in [0.15, 0.2) is 29.4 Å². The lowest BCUT2D eigenvalue weighted by Crippen LogP contribution is -2.13. The lowest BCUT2D eigenvalue weighted by Gasteiger charge is -2.11. The van der Waals surface area contributed by atoms with Crippen LogP contribution in [0.5, 0.6) is 0 Å². The highest BCUT2D eigenvalue weighted by molar-refractivity contribution is 6.00. The Morgan fingerprint density at radius 2 is 1.95 bits per heavy atom. The Morgan fingerprint density at radius 3 is 2.63 bits per heavy atom. The zero-order valence-electron chi connectivity index (χ0n) is 10.0. The molecule has 5 nitrogen and oxygen atoms in total. The summed E-state index contributed by atoms with van der Waals surface area (Å²) in [4.78, 5) is 4.30. The molecular weight excluding hydrogens is 249 g/mol. The minimum Gasteiger partial charge on any atom is -0.427 e. The Hall–Kier alpha value is -2.37. The van der Waals surface area contributed by atoms with Gasteiger partial charge in [0.2, 0.25) is 0 Å². The van der Waals surface area contributed by atoms with E-state index < -0.39 is 0 Å². The lowest BCUT2D eigenvalue weighted by molar-refractivity contribution is 0.181. The SMILES string of the molecule is ON=C1CCCc2c1nc(-c1ccc(F)cc1)n2O. The van der Waals surface area contributed by atoms with Crippen LogP contribution in [-0.4, -0.2) is 25.8 Å². The first-order valence-corrected chi connectivity index (χ1v) is 5.99. The van der Waals surface area contributed by atoms with E-state index in [1.165, 1.54) is 12.1 Å². The average Bonchev–Trinajstić information content (AvgIpc) is 2.77. The molecule has 1 aromatic heterocycles. The average molecular weight is 261 g/mol. The third kappa shape index (κ3) is 1.85. The fourth-order valence-electron chi connectivity index (χ4n) is 2.33. The first-order chi connectivity index (χ1) is 9.20. The number of hydrogen-bond acceptors (Lipinski definition) is 4. The second kappa shape index (κ2) is 4.38. The minimum absolute atomic E-state index is 0.327. The van der Waals surface area contributed by atoms with E-state index in [9.17, 15) is 9.60 Å². The van der Waals surface area contributed by atoms with Crippen molar-refractivity contribution in [2.75, 3.05) is 0 Å². The summed E-state index contributed by atoms with van der Waals surface area (Å²) >= 11 is 0. The summed E-state index contributed by atoms with van der Waals surface area (Å²) in [6, 6.07) is 5.71. The van der Waals surface area contributed by atoms with Gasteiger partial charge in [0.1, 0.15) is 17.2 Å². The van der Waals surface area contributed by atoms with Gasteiger partial charge in [-0.3, -0.25) is 0 Å². The molecule has 0 atom stereocenters. The molecule has 0 radical (unpaired) electrons. The van der Waals surface area contributed by atoms with E-state index in [-0.39, 0.29) is 5.82 Å². The lowest BCUT2D eigenvalue weighted by atomic mass is 9.99. The van der Waals surface area contributed by atoms with Gasteiger partial charge in [-0.2, -0.15) is 4.73 Å². The maximum atomic E-state index is 12.9. The first kappa shape index (κ1) is 11.7. The number of nitrogens with zero attached hydrogens (tertiary/aromatic N) is 3. The highest BCUT2D eigenvalue weighted by Crippen LogP contribution is 2.27. The van der Waals surface area contributed by atoms with Crippen LogP contribution in [0.25, 0.3) is 11.4 Å². The van der Waals surface area contributed by atoms with Crippen LogP contribution < -0.4 is 0 Å². The van der Waals surface area contributed by atoms with E-state index in [1.807, 2.05) is 0 Å². The molecule has 0 unspecified atom stereocenters. The molecule has 1 aliphatic carbocycles. The Morgan fingerprint density at radius 1 is 1.21 bits per heavy atom. The quantitative estimate of drug-likeness (QED) is 0.470. The van der Waals surface area contributed by atoms with E-state index in [4.69, 9.17) is 5.21 Å². The van der Waals surface area contributed by atoms with Crippen LogP contribution >= 0.6 is 0 Å². The maximum absolute atomic E-state index is 12.9. The van der Waals surface area contributed by atoms with E-state index in [0.717, 1.165) is 11.2 Å². The maximum Gasteiger partial charge on any atom is 0.176 e. The van der Waals surface area contributed by atoms with Crippen molar-refractivity contribution in [3.05, 3.63) is 41.5 Å². The topological polar surface area (TPSA) is 70.6 Å². The van der Waals surface area contributed by atoms with Crippen LogP contribution in [0.1, 0.15) is 24.2 Å². The van der Waals surface area contributed by atoms with Gasteiger partial charge in [-0.1, -0.05) is 5.16 Å². The van der Waals surface area contributed by atoms with Crippen molar-refractivity contribution in [1.82, 2.24) is 9.71 Å². The Kier molecular flexibility index (Phi) is 2.70. The Bertz CT molecular complexity index is 647. The summed E-state index contributed by atoms with van der Waals surface area (Å²) in [5, 5.41) is 22.3. The molecule has 1 aromatic carbocycles. The molecule has 1 aliphatic rings. The van der Waals surface area contributed by atoms with E-state index >= 15 is 0 Å². The first-order valence-electron chi connectivity index (χ1n) is 5.99. The normalized spacial score (nSPS) is 16.6. The molecule has 2 N–H and O–H groups in total. The number of halogens is 1. The fraction of sp³-hybridized carbons (Fsp3) is 0.231. The van der Waals surface area contributed by atoms with Gasteiger partial charge in [-0.15, -0.1) is 0 Å². The smallest absolute Gasteiger partial charge is 0.176 e. The summed E-state index contributed by atoms with van der Waals surface area (Å²) in [5.74, 6) is -0.0183. The van der Waals surface area contributed by atoms with E-state index in [1.54, 1.807) is 12.1 Å². The summed E-state index contributed by atoms with van der Waals surface area (Å²) in [6.07, 6.45) is 2.09. The molecule has 0 aliphatic heterocycles. The highest BCUT2D eigenvalue weighted by Gasteiger charge is 2.25. The summed E-state index contributed by atoms with van der Waals surface area (Å²) < 4.78 is 13.9. The van der Waals surface area contributed by atoms with Crippen LogP contribution in [0.3, 0.4) is 0 Å². The number of oxime groups is 1. The number of hydrogen-bond donors (Lipinski definition) is 2. The van der Waals surface area contributed by atoms with Gasteiger partial charge < -0.3 is 10.4 Å². The predicted octanol–water partition coefficient (Wildman–Crippen LogP) is 2.44. The van der Waals surface area contributed by atoms with Gasteiger partial charge in [0, 0.05) is 5.56 Å². The van der Waals surface area contributed by atoms with Gasteiger partial charge in [-0.05, 0) is 43.5 Å². The molecule has 6 heteroatoms. The van der Waals surface area contributed by atoms with Crippen molar-refractivity contribution in [2.45, 2.75) is 19.3 Å². The molecule has 98 valence electrons. The van der Waals surface area contributed by atoms with Crippen molar-refractivity contribution in [2.24, 2.45) is 5.16 Å². The van der Waals surface area contributed by atoms with Crippen molar-refractivity contribution in [3.8, 4) is 11.4 Å². The molecule has 1 heterocycles. The molecule has 0 spiro atoms. The van der Waals surface area contributed by atoms with Gasteiger partial charge >= 0.3 is 0 Å². The summed E-state index contributed by atoms with van der Waals surface area (Å²) in [5.41, 5.74) is 2.21.